The van der Waals surface area contributed by atoms with Gasteiger partial charge in [-0.25, -0.2) is 0 Å². The third-order valence-corrected chi connectivity index (χ3v) is 8.11. The largest absolute Gasteiger partial charge is 0.379 e. The predicted molar refractivity (Wildman–Crippen MR) is 161 cm³/mol. The summed E-state index contributed by atoms with van der Waals surface area (Å²) in [5.41, 5.74) is 1.93. The van der Waals surface area contributed by atoms with Gasteiger partial charge in [0.2, 0.25) is 5.91 Å². The van der Waals surface area contributed by atoms with Crippen molar-refractivity contribution in [3.63, 3.8) is 0 Å². The fraction of sp³-hybridized carbons (Fsp3) is 0.379. The Labute approximate surface area is 254 Å². The Balaban J connectivity index is 1.19. The Morgan fingerprint density at radius 1 is 0.829 bits per heavy atom. The quantitative estimate of drug-likeness (QED) is 0.374. The van der Waals surface area contributed by atoms with E-state index < -0.39 is 0 Å². The third-order valence-electron chi connectivity index (χ3n) is 7.31. The standard InChI is InChI=1S/C29H31Cl3N6O3/c30-22-3-1-21(2-4-22)29(40)38(10-9-35-15-17-41-18-16-35)20-28(39)37-13-11-36(12-14-37)27-8-7-26(33-34-27)24-6-5-23(31)19-25(24)32/h1-8,19H,9-18,20H2. The van der Waals surface area contributed by atoms with Crippen LogP contribution in [0.4, 0.5) is 5.82 Å². The van der Waals surface area contributed by atoms with Crippen LogP contribution < -0.4 is 4.90 Å². The monoisotopic (exact) mass is 616 g/mol. The van der Waals surface area contributed by atoms with Gasteiger partial charge in [0.1, 0.15) is 6.54 Å². The molecule has 0 saturated carbocycles. The zero-order valence-corrected chi connectivity index (χ0v) is 24.8. The zero-order chi connectivity index (χ0) is 28.8. The maximum Gasteiger partial charge on any atom is 0.254 e. The number of benzene rings is 2. The molecule has 2 aromatic carbocycles. The number of aromatic nitrogens is 2. The molecule has 2 aliphatic heterocycles. The molecule has 3 aromatic rings. The number of nitrogens with zero attached hydrogens (tertiary/aromatic N) is 6. The first-order chi connectivity index (χ1) is 19.9. The molecule has 0 unspecified atom stereocenters. The van der Waals surface area contributed by atoms with Crippen molar-refractivity contribution < 1.29 is 14.3 Å². The Morgan fingerprint density at radius 2 is 1.54 bits per heavy atom. The minimum atomic E-state index is -0.182. The highest BCUT2D eigenvalue weighted by Gasteiger charge is 2.26. The molecule has 0 bridgehead atoms. The number of amides is 2. The van der Waals surface area contributed by atoms with Crippen LogP contribution in [0.25, 0.3) is 11.3 Å². The van der Waals surface area contributed by atoms with Crippen LogP contribution in [0.2, 0.25) is 15.1 Å². The lowest BCUT2D eigenvalue weighted by molar-refractivity contribution is -0.132. The van der Waals surface area contributed by atoms with Gasteiger partial charge in [0.15, 0.2) is 5.82 Å². The van der Waals surface area contributed by atoms with Crippen LogP contribution in [0.3, 0.4) is 0 Å². The molecule has 2 amide bonds. The second-order valence-corrected chi connectivity index (χ2v) is 11.2. The summed E-state index contributed by atoms with van der Waals surface area (Å²) >= 11 is 18.3. The number of carbonyl (C=O) groups is 2. The topological polar surface area (TPSA) is 82.1 Å². The van der Waals surface area contributed by atoms with Crippen LogP contribution in [0, 0.1) is 0 Å². The highest BCUT2D eigenvalue weighted by Crippen LogP contribution is 2.29. The fourth-order valence-corrected chi connectivity index (χ4v) is 5.53. The van der Waals surface area contributed by atoms with E-state index in [0.717, 1.165) is 24.5 Å². The number of piperazine rings is 1. The van der Waals surface area contributed by atoms with E-state index in [2.05, 4.69) is 20.0 Å². The predicted octanol–water partition coefficient (Wildman–Crippen LogP) is 4.23. The number of rotatable bonds is 8. The van der Waals surface area contributed by atoms with E-state index in [9.17, 15) is 9.59 Å². The number of hydrogen-bond donors (Lipinski definition) is 0. The van der Waals surface area contributed by atoms with Gasteiger partial charge < -0.3 is 19.4 Å². The summed E-state index contributed by atoms with van der Waals surface area (Å²) in [5, 5.41) is 10.4. The Hall–Kier alpha value is -2.95. The van der Waals surface area contributed by atoms with Gasteiger partial charge in [-0.15, -0.1) is 10.2 Å². The number of carbonyl (C=O) groups excluding carboxylic acids is 2. The van der Waals surface area contributed by atoms with Crippen molar-refractivity contribution in [2.24, 2.45) is 0 Å². The summed E-state index contributed by atoms with van der Waals surface area (Å²) in [7, 11) is 0. The molecule has 216 valence electrons. The lowest BCUT2D eigenvalue weighted by Crippen LogP contribution is -2.53. The molecular weight excluding hydrogens is 587 g/mol. The smallest absolute Gasteiger partial charge is 0.254 e. The molecule has 0 N–H and O–H groups in total. The summed E-state index contributed by atoms with van der Waals surface area (Å²) in [5.74, 6) is 0.474. The molecule has 5 rings (SSSR count). The third kappa shape index (κ3) is 7.67. The minimum Gasteiger partial charge on any atom is -0.379 e. The highest BCUT2D eigenvalue weighted by atomic mass is 35.5. The van der Waals surface area contributed by atoms with E-state index in [1.165, 1.54) is 0 Å². The molecule has 12 heteroatoms. The van der Waals surface area contributed by atoms with Gasteiger partial charge in [-0.05, 0) is 54.6 Å². The fourth-order valence-electron chi connectivity index (χ4n) is 4.90. The van der Waals surface area contributed by atoms with Crippen molar-refractivity contribution in [2.45, 2.75) is 0 Å². The molecule has 3 heterocycles. The van der Waals surface area contributed by atoms with Crippen molar-refractivity contribution in [1.82, 2.24) is 24.9 Å². The van der Waals surface area contributed by atoms with Crippen molar-refractivity contribution >= 4 is 52.4 Å². The van der Waals surface area contributed by atoms with Gasteiger partial charge in [-0.2, -0.15) is 0 Å². The first-order valence-electron chi connectivity index (χ1n) is 13.5. The van der Waals surface area contributed by atoms with E-state index in [4.69, 9.17) is 39.5 Å². The maximum atomic E-state index is 13.4. The average molecular weight is 618 g/mol. The van der Waals surface area contributed by atoms with Gasteiger partial charge in [0.25, 0.3) is 5.91 Å². The lowest BCUT2D eigenvalue weighted by Gasteiger charge is -2.36. The molecular formula is C29H31Cl3N6O3. The van der Waals surface area contributed by atoms with Crippen LogP contribution in [-0.2, 0) is 9.53 Å². The van der Waals surface area contributed by atoms with Crippen LogP contribution in [0.15, 0.2) is 54.6 Å². The van der Waals surface area contributed by atoms with Gasteiger partial charge in [0, 0.05) is 73.5 Å². The summed E-state index contributed by atoms with van der Waals surface area (Å²) in [6.45, 7) is 6.41. The molecule has 1 aromatic heterocycles. The normalized spacial score (nSPS) is 16.1. The summed E-state index contributed by atoms with van der Waals surface area (Å²) in [6.07, 6.45) is 0. The summed E-state index contributed by atoms with van der Waals surface area (Å²) in [6, 6.07) is 15.8. The second kappa shape index (κ2) is 13.8. The lowest BCUT2D eigenvalue weighted by atomic mass is 10.1. The SMILES string of the molecule is O=C(CN(CCN1CCOCC1)C(=O)c1ccc(Cl)cc1)N1CCN(c2ccc(-c3ccc(Cl)cc3Cl)nn2)CC1. The van der Waals surface area contributed by atoms with Crippen molar-refractivity contribution in [3.8, 4) is 11.3 Å². The van der Waals surface area contributed by atoms with Gasteiger partial charge in [0.05, 0.1) is 23.9 Å². The van der Waals surface area contributed by atoms with Crippen molar-refractivity contribution in [2.75, 3.05) is 77.0 Å². The molecule has 2 fully saturated rings. The minimum absolute atomic E-state index is 0.0160. The van der Waals surface area contributed by atoms with Crippen molar-refractivity contribution in [1.29, 1.82) is 0 Å². The second-order valence-electron chi connectivity index (χ2n) is 9.96. The van der Waals surface area contributed by atoms with Crippen LogP contribution in [-0.4, -0.2) is 109 Å². The number of hydrogen-bond acceptors (Lipinski definition) is 7. The maximum absolute atomic E-state index is 13.4. The number of halogens is 3. The number of ether oxygens (including phenoxy) is 1. The number of anilines is 1. The van der Waals surface area contributed by atoms with E-state index in [0.29, 0.717) is 78.8 Å². The number of morpholine rings is 1. The summed E-state index contributed by atoms with van der Waals surface area (Å²) in [4.78, 5) is 34.5. The Bertz CT molecular complexity index is 1340. The van der Waals surface area contributed by atoms with Gasteiger partial charge >= 0.3 is 0 Å². The molecule has 0 radical (unpaired) electrons. The average Bonchev–Trinajstić information content (AvgIpc) is 3.00. The Morgan fingerprint density at radius 3 is 2.20 bits per heavy atom. The summed E-state index contributed by atoms with van der Waals surface area (Å²) < 4.78 is 5.44. The van der Waals surface area contributed by atoms with Crippen LogP contribution >= 0.6 is 34.8 Å². The van der Waals surface area contributed by atoms with E-state index in [1.54, 1.807) is 41.3 Å². The molecule has 0 spiro atoms. The van der Waals surface area contributed by atoms with Gasteiger partial charge in [-0.1, -0.05) is 34.8 Å². The highest BCUT2D eigenvalue weighted by molar-refractivity contribution is 6.36. The van der Waals surface area contributed by atoms with Crippen molar-refractivity contribution in [3.05, 3.63) is 75.2 Å². The van der Waals surface area contributed by atoms with E-state index in [1.807, 2.05) is 23.1 Å². The molecule has 2 saturated heterocycles. The van der Waals surface area contributed by atoms with Crippen LogP contribution in [0.1, 0.15) is 10.4 Å². The molecule has 2 aliphatic rings. The molecule has 0 aliphatic carbocycles. The first kappa shape index (κ1) is 29.5. The van der Waals surface area contributed by atoms with E-state index in [-0.39, 0.29) is 18.4 Å². The van der Waals surface area contributed by atoms with Crippen LogP contribution in [0.5, 0.6) is 0 Å². The molecule has 41 heavy (non-hydrogen) atoms. The van der Waals surface area contributed by atoms with E-state index >= 15 is 0 Å². The Kier molecular flexibility index (Phi) is 9.95. The first-order valence-corrected chi connectivity index (χ1v) is 14.7. The molecule has 9 nitrogen and oxygen atoms in total. The zero-order valence-electron chi connectivity index (χ0n) is 22.5. The van der Waals surface area contributed by atoms with Gasteiger partial charge in [-0.3, -0.25) is 14.5 Å². The molecule has 0 atom stereocenters.